The molecule has 1 aromatic rings. The molecule has 22 heavy (non-hydrogen) atoms. The summed E-state index contributed by atoms with van der Waals surface area (Å²) in [6.07, 6.45) is 1.67. The highest BCUT2D eigenvalue weighted by Crippen LogP contribution is 2.32. The van der Waals surface area contributed by atoms with Crippen molar-refractivity contribution in [2.24, 2.45) is 4.99 Å². The largest absolute Gasteiger partial charge is 0.510 e. The molecule has 0 saturated carbocycles. The smallest absolute Gasteiger partial charge is 0.286 e. The van der Waals surface area contributed by atoms with Gasteiger partial charge in [-0.25, -0.2) is 4.99 Å². The molecule has 0 fully saturated rings. The molecule has 2 amide bonds. The minimum Gasteiger partial charge on any atom is -0.510 e. The zero-order valence-electron chi connectivity index (χ0n) is 11.9. The number of nitrogens with zero attached hydrogens (tertiary/aromatic N) is 1. The Labute approximate surface area is 131 Å². The van der Waals surface area contributed by atoms with E-state index in [0.717, 1.165) is 11.1 Å². The van der Waals surface area contributed by atoms with Crippen LogP contribution in [-0.4, -0.2) is 27.9 Å². The number of hydrogen-bond donors (Lipinski definition) is 2. The highest BCUT2D eigenvalue weighted by Gasteiger charge is 2.36. The van der Waals surface area contributed by atoms with Gasteiger partial charge in [0.05, 0.1) is 5.71 Å². The van der Waals surface area contributed by atoms with Crippen LogP contribution in [0.15, 0.2) is 52.1 Å². The number of allylic oxidation sites excluding steroid dienone is 1. The lowest BCUT2D eigenvalue weighted by Crippen LogP contribution is -2.34. The van der Waals surface area contributed by atoms with Crippen LogP contribution in [0, 0.1) is 6.92 Å². The first-order valence-electron chi connectivity index (χ1n) is 6.78. The number of aliphatic hydroxyl groups excluding tert-OH is 1. The van der Waals surface area contributed by atoms with Gasteiger partial charge in [-0.05, 0) is 24.0 Å². The molecule has 112 valence electrons. The fourth-order valence-electron chi connectivity index (χ4n) is 2.25. The van der Waals surface area contributed by atoms with Crippen molar-refractivity contribution in [1.29, 1.82) is 0 Å². The summed E-state index contributed by atoms with van der Waals surface area (Å²) >= 11 is 1.32. The van der Waals surface area contributed by atoms with Crippen LogP contribution in [0.2, 0.25) is 0 Å². The van der Waals surface area contributed by atoms with Crippen molar-refractivity contribution in [2.75, 3.05) is 0 Å². The summed E-state index contributed by atoms with van der Waals surface area (Å²) in [5.74, 6) is -1.51. The summed E-state index contributed by atoms with van der Waals surface area (Å²) in [5, 5.41) is 14.1. The molecule has 0 aliphatic carbocycles. The number of amides is 2. The van der Waals surface area contributed by atoms with Crippen LogP contribution in [0.25, 0.3) is 0 Å². The third kappa shape index (κ3) is 2.69. The number of benzene rings is 1. The number of hydrogen-bond acceptors (Lipinski definition) is 4. The van der Waals surface area contributed by atoms with Gasteiger partial charge in [-0.2, -0.15) is 0 Å². The van der Waals surface area contributed by atoms with Gasteiger partial charge in [-0.15, -0.1) is 11.8 Å². The van der Waals surface area contributed by atoms with E-state index in [0.29, 0.717) is 5.71 Å². The molecule has 0 saturated heterocycles. The number of dihydropyridines is 1. The molecule has 0 bridgehead atoms. The van der Waals surface area contributed by atoms with Gasteiger partial charge in [-0.3, -0.25) is 9.59 Å². The van der Waals surface area contributed by atoms with Crippen LogP contribution >= 0.6 is 11.8 Å². The minimum atomic E-state index is -0.697. The van der Waals surface area contributed by atoms with Crippen LogP contribution in [-0.2, 0) is 16.1 Å². The summed E-state index contributed by atoms with van der Waals surface area (Å²) in [7, 11) is 0. The molecule has 2 heterocycles. The first kappa shape index (κ1) is 14.6. The second-order valence-corrected chi connectivity index (χ2v) is 6.10. The minimum absolute atomic E-state index is 0.216. The van der Waals surface area contributed by atoms with Gasteiger partial charge in [0.1, 0.15) is 16.6 Å². The van der Waals surface area contributed by atoms with E-state index >= 15 is 0 Å². The van der Waals surface area contributed by atoms with E-state index in [1.807, 2.05) is 31.2 Å². The molecule has 0 radical (unpaired) electrons. The quantitative estimate of drug-likeness (QED) is 0.837. The zero-order valence-corrected chi connectivity index (χ0v) is 12.7. The van der Waals surface area contributed by atoms with E-state index in [2.05, 4.69) is 10.3 Å². The summed E-state index contributed by atoms with van der Waals surface area (Å²) in [4.78, 5) is 28.0. The number of carbonyl (C=O) groups is 2. The first-order chi connectivity index (χ1) is 10.6. The van der Waals surface area contributed by atoms with Crippen LogP contribution < -0.4 is 5.32 Å². The molecule has 1 unspecified atom stereocenters. The molecule has 3 rings (SSSR count). The lowest BCUT2D eigenvalue weighted by Gasteiger charge is -2.18. The number of aliphatic imine (C=N–C) groups is 1. The van der Waals surface area contributed by atoms with Crippen molar-refractivity contribution >= 4 is 29.3 Å². The van der Waals surface area contributed by atoms with Gasteiger partial charge in [0.25, 0.3) is 11.8 Å². The Morgan fingerprint density at radius 1 is 1.36 bits per heavy atom. The van der Waals surface area contributed by atoms with Crippen LogP contribution in [0.5, 0.6) is 0 Å². The average Bonchev–Trinajstić information content (AvgIpc) is 2.95. The maximum Gasteiger partial charge on any atom is 0.286 e. The van der Waals surface area contributed by atoms with Gasteiger partial charge in [0, 0.05) is 6.54 Å². The van der Waals surface area contributed by atoms with E-state index in [4.69, 9.17) is 0 Å². The topological polar surface area (TPSA) is 78.8 Å². The fourth-order valence-corrected chi connectivity index (χ4v) is 3.14. The summed E-state index contributed by atoms with van der Waals surface area (Å²) in [6.45, 7) is 2.27. The number of thioether (sulfide) groups is 1. The third-order valence-electron chi connectivity index (χ3n) is 3.47. The number of aliphatic hydroxyl groups is 1. The highest BCUT2D eigenvalue weighted by atomic mass is 32.2. The molecular weight excluding hydrogens is 300 g/mol. The fraction of sp³-hybridized carbons (Fsp3) is 0.188. The Morgan fingerprint density at radius 3 is 2.82 bits per heavy atom. The summed E-state index contributed by atoms with van der Waals surface area (Å²) in [6, 6.07) is 7.70. The Hall–Kier alpha value is -2.34. The number of carbonyl (C=O) groups excluding carboxylic acids is 2. The normalized spacial score (nSPS) is 20.0. The molecule has 1 aromatic carbocycles. The second kappa shape index (κ2) is 5.81. The second-order valence-electron chi connectivity index (χ2n) is 5.09. The maximum atomic E-state index is 12.2. The van der Waals surface area contributed by atoms with E-state index in [9.17, 15) is 14.7 Å². The van der Waals surface area contributed by atoms with Crippen LogP contribution in [0.3, 0.4) is 0 Å². The SMILES string of the molecule is Cc1ccc(CNC(=O)C2=C(O)C3SC=CC3=NC2=O)cc1. The maximum absolute atomic E-state index is 12.2. The van der Waals surface area contributed by atoms with Crippen molar-refractivity contribution in [3.63, 3.8) is 0 Å². The average molecular weight is 314 g/mol. The van der Waals surface area contributed by atoms with E-state index < -0.39 is 17.1 Å². The van der Waals surface area contributed by atoms with Crippen molar-refractivity contribution in [2.45, 2.75) is 18.7 Å². The zero-order chi connectivity index (χ0) is 15.7. The molecule has 2 N–H and O–H groups in total. The monoisotopic (exact) mass is 314 g/mol. The number of aryl methyl sites for hydroxylation is 1. The molecule has 0 spiro atoms. The molecular formula is C16H14N2O3S. The molecule has 1 atom stereocenters. The van der Waals surface area contributed by atoms with Crippen molar-refractivity contribution in [3.05, 3.63) is 58.2 Å². The van der Waals surface area contributed by atoms with Crippen LogP contribution in [0.4, 0.5) is 0 Å². The molecule has 5 nitrogen and oxygen atoms in total. The van der Waals surface area contributed by atoms with Crippen molar-refractivity contribution in [3.8, 4) is 0 Å². The van der Waals surface area contributed by atoms with Gasteiger partial charge in [0.2, 0.25) is 0 Å². The number of nitrogens with one attached hydrogen (secondary N) is 1. The molecule has 0 aromatic heterocycles. The third-order valence-corrected chi connectivity index (χ3v) is 4.50. The lowest BCUT2D eigenvalue weighted by molar-refractivity contribution is -0.122. The Balaban J connectivity index is 1.73. The highest BCUT2D eigenvalue weighted by molar-refractivity contribution is 8.04. The predicted octanol–water partition coefficient (Wildman–Crippen LogP) is 2.03. The van der Waals surface area contributed by atoms with E-state index in [-0.39, 0.29) is 17.9 Å². The Morgan fingerprint density at radius 2 is 2.09 bits per heavy atom. The van der Waals surface area contributed by atoms with Gasteiger partial charge < -0.3 is 10.4 Å². The van der Waals surface area contributed by atoms with Gasteiger partial charge in [-0.1, -0.05) is 29.8 Å². The molecule has 2 aliphatic rings. The number of fused-ring (bicyclic) bond motifs is 1. The standard InChI is InChI=1S/C16H14N2O3S/c1-9-2-4-10(5-3-9)8-17-15(20)12-13(19)14-11(6-7-22-14)18-16(12)21/h2-7,14,19H,8H2,1H3,(H,17,20). The summed E-state index contributed by atoms with van der Waals surface area (Å²) < 4.78 is 0. The van der Waals surface area contributed by atoms with Gasteiger partial charge >= 0.3 is 0 Å². The Bertz CT molecular complexity index is 732. The van der Waals surface area contributed by atoms with Gasteiger partial charge in [0.15, 0.2) is 0 Å². The van der Waals surface area contributed by atoms with Crippen LogP contribution in [0.1, 0.15) is 11.1 Å². The summed E-state index contributed by atoms with van der Waals surface area (Å²) in [5.41, 5.74) is 2.27. The lowest BCUT2D eigenvalue weighted by atomic mass is 10.0. The first-order valence-corrected chi connectivity index (χ1v) is 7.72. The predicted molar refractivity (Wildman–Crippen MR) is 85.6 cm³/mol. The van der Waals surface area contributed by atoms with E-state index in [1.165, 1.54) is 11.8 Å². The molecule has 2 aliphatic heterocycles. The Kier molecular flexibility index (Phi) is 3.85. The van der Waals surface area contributed by atoms with Crippen molar-refractivity contribution < 1.29 is 14.7 Å². The number of rotatable bonds is 3. The van der Waals surface area contributed by atoms with E-state index in [1.54, 1.807) is 11.5 Å². The molecule has 6 heteroatoms. The van der Waals surface area contributed by atoms with Crippen molar-refractivity contribution in [1.82, 2.24) is 5.32 Å².